The van der Waals surface area contributed by atoms with Crippen LogP contribution >= 0.6 is 0 Å². The number of halogens is 1. The molecule has 7 nitrogen and oxygen atoms in total. The first-order valence-electron chi connectivity index (χ1n) is 12.1. The van der Waals surface area contributed by atoms with Crippen molar-refractivity contribution in [3.8, 4) is 11.5 Å². The summed E-state index contributed by atoms with van der Waals surface area (Å²) in [5.41, 5.74) is -0.271. The Labute approximate surface area is 203 Å². The van der Waals surface area contributed by atoms with E-state index in [2.05, 4.69) is 0 Å². The van der Waals surface area contributed by atoms with Crippen molar-refractivity contribution in [2.75, 3.05) is 19.8 Å². The molecule has 3 aliphatic heterocycles. The average Bonchev–Trinajstić information content (AvgIpc) is 3.25. The fourth-order valence-corrected chi connectivity index (χ4v) is 5.95. The predicted octanol–water partition coefficient (Wildman–Crippen LogP) is 4.36. The zero-order valence-electron chi connectivity index (χ0n) is 19.7. The van der Waals surface area contributed by atoms with Crippen molar-refractivity contribution in [2.24, 2.45) is 5.92 Å². The van der Waals surface area contributed by atoms with E-state index in [9.17, 15) is 19.1 Å². The van der Waals surface area contributed by atoms with Gasteiger partial charge in [-0.2, -0.15) is 0 Å². The van der Waals surface area contributed by atoms with Gasteiger partial charge in [-0.05, 0) is 62.9 Å². The van der Waals surface area contributed by atoms with E-state index in [1.165, 1.54) is 24.3 Å². The van der Waals surface area contributed by atoms with Crippen LogP contribution in [0.25, 0.3) is 0 Å². The van der Waals surface area contributed by atoms with Crippen LogP contribution in [0.15, 0.2) is 48.5 Å². The number of carboxylic acids is 1. The predicted molar refractivity (Wildman–Crippen MR) is 125 cm³/mol. The van der Waals surface area contributed by atoms with Gasteiger partial charge in [-0.1, -0.05) is 18.2 Å². The lowest BCUT2D eigenvalue weighted by atomic mass is 9.68. The van der Waals surface area contributed by atoms with Gasteiger partial charge in [-0.25, -0.2) is 4.39 Å². The first-order valence-corrected chi connectivity index (χ1v) is 12.1. The van der Waals surface area contributed by atoms with Crippen molar-refractivity contribution < 1.29 is 33.3 Å². The van der Waals surface area contributed by atoms with Crippen molar-refractivity contribution in [3.63, 3.8) is 0 Å². The third kappa shape index (κ3) is 4.47. The summed E-state index contributed by atoms with van der Waals surface area (Å²) >= 11 is 0. The second kappa shape index (κ2) is 9.15. The van der Waals surface area contributed by atoms with E-state index in [1.807, 2.05) is 36.1 Å². The maximum Gasteiger partial charge on any atom is 0.303 e. The van der Waals surface area contributed by atoms with Crippen molar-refractivity contribution >= 4 is 11.9 Å². The molecule has 0 radical (unpaired) electrons. The first kappa shape index (κ1) is 23.6. The van der Waals surface area contributed by atoms with E-state index in [0.29, 0.717) is 31.7 Å². The number of ether oxygens (including phenoxy) is 3. The van der Waals surface area contributed by atoms with Crippen molar-refractivity contribution in [3.05, 3.63) is 59.9 Å². The number of likely N-dealkylation sites (tertiary alicyclic amines) is 1. The highest BCUT2D eigenvalue weighted by atomic mass is 19.1. The van der Waals surface area contributed by atoms with Crippen LogP contribution in [-0.4, -0.2) is 52.8 Å². The van der Waals surface area contributed by atoms with Crippen LogP contribution in [0, 0.1) is 11.7 Å². The lowest BCUT2D eigenvalue weighted by molar-refractivity contribution is -0.180. The fourth-order valence-electron chi connectivity index (χ4n) is 5.95. The number of rotatable bonds is 6. The Morgan fingerprint density at radius 1 is 1.20 bits per heavy atom. The summed E-state index contributed by atoms with van der Waals surface area (Å²) in [5, 5.41) is 9.36. The van der Waals surface area contributed by atoms with Crippen molar-refractivity contribution in [1.29, 1.82) is 0 Å². The van der Waals surface area contributed by atoms with Crippen LogP contribution in [0.2, 0.25) is 0 Å². The monoisotopic (exact) mass is 483 g/mol. The molecular formula is C27H30FNO6. The highest BCUT2D eigenvalue weighted by Gasteiger charge is 2.57. The zero-order chi connectivity index (χ0) is 24.6. The van der Waals surface area contributed by atoms with Gasteiger partial charge in [0.15, 0.2) is 6.61 Å². The summed E-state index contributed by atoms with van der Waals surface area (Å²) in [5.74, 6) is -0.322. The van der Waals surface area contributed by atoms with Gasteiger partial charge in [0.25, 0.3) is 5.91 Å². The van der Waals surface area contributed by atoms with Gasteiger partial charge in [0.1, 0.15) is 22.9 Å². The molecule has 1 N–H and O–H groups in total. The van der Waals surface area contributed by atoms with Gasteiger partial charge in [-0.15, -0.1) is 0 Å². The van der Waals surface area contributed by atoms with Gasteiger partial charge in [0.2, 0.25) is 0 Å². The van der Waals surface area contributed by atoms with Gasteiger partial charge in [0.05, 0.1) is 18.2 Å². The molecule has 186 valence electrons. The van der Waals surface area contributed by atoms with Crippen LogP contribution in [0.4, 0.5) is 4.39 Å². The molecule has 3 aliphatic rings. The van der Waals surface area contributed by atoms with Crippen LogP contribution < -0.4 is 9.47 Å². The quantitative estimate of drug-likeness (QED) is 0.657. The second-order valence-electron chi connectivity index (χ2n) is 10.0. The van der Waals surface area contributed by atoms with E-state index < -0.39 is 17.1 Å². The molecule has 2 fully saturated rings. The third-order valence-electron chi connectivity index (χ3n) is 7.76. The molecule has 2 saturated heterocycles. The Morgan fingerprint density at radius 2 is 1.97 bits per heavy atom. The minimum atomic E-state index is -0.868. The molecule has 2 aromatic carbocycles. The Hall–Kier alpha value is -3.13. The van der Waals surface area contributed by atoms with Crippen LogP contribution in [0.1, 0.15) is 50.7 Å². The zero-order valence-corrected chi connectivity index (χ0v) is 19.7. The molecular weight excluding hydrogens is 453 g/mol. The molecule has 0 aromatic heterocycles. The highest BCUT2D eigenvalue weighted by molar-refractivity contribution is 5.79. The summed E-state index contributed by atoms with van der Waals surface area (Å²) in [6.07, 6.45) is 2.42. The summed E-state index contributed by atoms with van der Waals surface area (Å²) in [7, 11) is 0. The maximum absolute atomic E-state index is 13.3. The van der Waals surface area contributed by atoms with E-state index in [1.54, 1.807) is 0 Å². The molecule has 3 heterocycles. The molecule has 35 heavy (non-hydrogen) atoms. The van der Waals surface area contributed by atoms with Gasteiger partial charge in [0, 0.05) is 24.4 Å². The van der Waals surface area contributed by atoms with Crippen LogP contribution in [-0.2, 0) is 14.3 Å². The maximum atomic E-state index is 13.3. The summed E-state index contributed by atoms with van der Waals surface area (Å²) in [4.78, 5) is 26.5. The molecule has 1 spiro atoms. The van der Waals surface area contributed by atoms with Gasteiger partial charge >= 0.3 is 5.97 Å². The molecule has 8 heteroatoms. The number of amides is 1. The van der Waals surface area contributed by atoms with Crippen LogP contribution in [0.3, 0.4) is 0 Å². The Morgan fingerprint density at radius 3 is 2.74 bits per heavy atom. The normalized spacial score (nSPS) is 29.3. The molecule has 2 aromatic rings. The summed E-state index contributed by atoms with van der Waals surface area (Å²) in [6.45, 7) is 2.83. The van der Waals surface area contributed by atoms with Crippen molar-refractivity contribution in [1.82, 2.24) is 4.90 Å². The number of carbonyl (C=O) groups is 2. The van der Waals surface area contributed by atoms with E-state index in [-0.39, 0.29) is 36.8 Å². The Balaban J connectivity index is 1.37. The molecule has 0 aliphatic carbocycles. The average molecular weight is 484 g/mol. The first-order chi connectivity index (χ1) is 16.8. The van der Waals surface area contributed by atoms with Crippen molar-refractivity contribution in [2.45, 2.75) is 56.3 Å². The summed E-state index contributed by atoms with van der Waals surface area (Å²) in [6, 6.07) is 13.3. The standard InChI is InChI=1S/C27H30FNO6/c1-26(13-11-24(31)32)21-15-27(17-34-25(21)20-5-2-3-6-22(20)35-26)12-4-14-29(27)23(30)16-33-19-9-7-18(28)8-10-19/h2-3,5-10,21,25H,4,11-17H2,1H3,(H,31,32)/t21-,25+,26+,27+/m1/s1. The fraction of sp³-hybridized carbons (Fsp3) is 0.481. The minimum Gasteiger partial charge on any atom is -0.487 e. The lowest BCUT2D eigenvalue weighted by Crippen LogP contribution is -2.61. The molecule has 0 bridgehead atoms. The van der Waals surface area contributed by atoms with Gasteiger partial charge in [-0.3, -0.25) is 9.59 Å². The number of nitrogens with zero attached hydrogens (tertiary/aromatic N) is 1. The molecule has 0 unspecified atom stereocenters. The lowest BCUT2D eigenvalue weighted by Gasteiger charge is -2.54. The topological polar surface area (TPSA) is 85.3 Å². The molecule has 4 atom stereocenters. The number of benzene rings is 2. The summed E-state index contributed by atoms with van der Waals surface area (Å²) < 4.78 is 31.8. The largest absolute Gasteiger partial charge is 0.487 e. The number of fused-ring (bicyclic) bond motifs is 3. The number of aliphatic carboxylic acids is 1. The van der Waals surface area contributed by atoms with Crippen LogP contribution in [0.5, 0.6) is 11.5 Å². The molecule has 1 amide bonds. The van der Waals surface area contributed by atoms with E-state index in [4.69, 9.17) is 14.2 Å². The number of para-hydroxylation sites is 1. The molecule has 0 saturated carbocycles. The number of carbonyl (C=O) groups excluding carboxylic acids is 1. The number of hydrogen-bond acceptors (Lipinski definition) is 5. The number of hydrogen-bond donors (Lipinski definition) is 1. The smallest absolute Gasteiger partial charge is 0.303 e. The second-order valence-corrected chi connectivity index (χ2v) is 10.0. The van der Waals surface area contributed by atoms with E-state index >= 15 is 0 Å². The Kier molecular flexibility index (Phi) is 6.17. The molecule has 5 rings (SSSR count). The minimum absolute atomic E-state index is 0.0109. The SMILES string of the molecule is C[C@@]1(CCC(=O)O)Oc2ccccc2[C@@H]2OC[C@]3(CCCN3C(=O)COc3ccc(F)cc3)C[C@H]21. The highest BCUT2D eigenvalue weighted by Crippen LogP contribution is 2.55. The number of carboxylic acid groups (broad SMARTS) is 1. The third-order valence-corrected chi connectivity index (χ3v) is 7.76. The van der Waals surface area contributed by atoms with E-state index in [0.717, 1.165) is 24.2 Å². The Bertz CT molecular complexity index is 1110. The van der Waals surface area contributed by atoms with Gasteiger partial charge < -0.3 is 24.2 Å².